The molecule has 2 aromatic rings. The topological polar surface area (TPSA) is 42.0 Å². The third-order valence-electron chi connectivity index (χ3n) is 5.13. The van der Waals surface area contributed by atoms with Gasteiger partial charge < -0.3 is 19.3 Å². The van der Waals surface area contributed by atoms with E-state index in [4.69, 9.17) is 9.47 Å². The molecule has 0 bridgehead atoms. The molecular formula is C23H28N2O3. The van der Waals surface area contributed by atoms with Gasteiger partial charge in [0.05, 0.1) is 14.2 Å². The number of piperazine rings is 1. The van der Waals surface area contributed by atoms with Crippen LogP contribution in [0.5, 0.6) is 11.5 Å². The number of amides is 1. The van der Waals surface area contributed by atoms with Crippen LogP contribution >= 0.6 is 0 Å². The Kier molecular flexibility index (Phi) is 6.24. The van der Waals surface area contributed by atoms with E-state index in [1.165, 1.54) is 11.3 Å². The minimum atomic E-state index is 0.0410. The number of hydrogen-bond donors (Lipinski definition) is 0. The molecule has 5 nitrogen and oxygen atoms in total. The van der Waals surface area contributed by atoms with Gasteiger partial charge in [-0.1, -0.05) is 12.1 Å². The molecule has 0 N–H and O–H groups in total. The van der Waals surface area contributed by atoms with Gasteiger partial charge in [-0.15, -0.1) is 0 Å². The summed E-state index contributed by atoms with van der Waals surface area (Å²) in [7, 11) is 3.25. The largest absolute Gasteiger partial charge is 0.497 e. The molecule has 3 rings (SSSR count). The van der Waals surface area contributed by atoms with Gasteiger partial charge in [0.25, 0.3) is 0 Å². The van der Waals surface area contributed by atoms with Crippen molar-refractivity contribution in [2.75, 3.05) is 45.3 Å². The lowest BCUT2D eigenvalue weighted by atomic mass is 10.1. The minimum absolute atomic E-state index is 0.0410. The molecule has 148 valence electrons. The zero-order chi connectivity index (χ0) is 20.1. The summed E-state index contributed by atoms with van der Waals surface area (Å²) in [6.07, 6.45) is 1.70. The summed E-state index contributed by atoms with van der Waals surface area (Å²) in [5, 5.41) is 0. The fraction of sp³-hybridized carbons (Fsp3) is 0.348. The van der Waals surface area contributed by atoms with E-state index in [9.17, 15) is 4.79 Å². The van der Waals surface area contributed by atoms with E-state index in [1.807, 2.05) is 30.0 Å². The molecule has 1 aliphatic heterocycles. The van der Waals surface area contributed by atoms with Crippen LogP contribution in [0.2, 0.25) is 0 Å². The van der Waals surface area contributed by atoms with Gasteiger partial charge in [0.1, 0.15) is 11.5 Å². The Morgan fingerprint density at radius 1 is 1.00 bits per heavy atom. The summed E-state index contributed by atoms with van der Waals surface area (Å²) in [6.45, 7) is 7.16. The Hall–Kier alpha value is -2.95. The van der Waals surface area contributed by atoms with Crippen molar-refractivity contribution >= 4 is 17.2 Å². The third-order valence-corrected chi connectivity index (χ3v) is 5.13. The maximum absolute atomic E-state index is 12.8. The van der Waals surface area contributed by atoms with Gasteiger partial charge >= 0.3 is 0 Å². The average Bonchev–Trinajstić information content (AvgIpc) is 2.73. The molecule has 1 amide bonds. The first-order valence-corrected chi connectivity index (χ1v) is 9.53. The average molecular weight is 380 g/mol. The van der Waals surface area contributed by atoms with E-state index < -0.39 is 0 Å². The monoisotopic (exact) mass is 380 g/mol. The number of allylic oxidation sites excluding steroid dienone is 1. The van der Waals surface area contributed by atoms with E-state index in [0.29, 0.717) is 5.75 Å². The quantitative estimate of drug-likeness (QED) is 0.741. The molecule has 0 spiro atoms. The van der Waals surface area contributed by atoms with Gasteiger partial charge in [-0.2, -0.15) is 0 Å². The number of carbonyl (C=O) groups excluding carboxylic acids is 1. The number of rotatable bonds is 5. The molecule has 5 heteroatoms. The fourth-order valence-electron chi connectivity index (χ4n) is 3.49. The number of benzene rings is 2. The zero-order valence-electron chi connectivity index (χ0n) is 17.1. The molecule has 0 aliphatic carbocycles. The molecule has 0 aromatic heterocycles. The first-order chi connectivity index (χ1) is 13.5. The maximum Gasteiger partial charge on any atom is 0.246 e. The van der Waals surface area contributed by atoms with Gasteiger partial charge in [-0.05, 0) is 49.2 Å². The lowest BCUT2D eigenvalue weighted by Crippen LogP contribution is -2.48. The summed E-state index contributed by atoms with van der Waals surface area (Å²) in [6, 6.07) is 14.1. The molecule has 1 aliphatic rings. The van der Waals surface area contributed by atoms with Crippen molar-refractivity contribution in [3.63, 3.8) is 0 Å². The molecule has 28 heavy (non-hydrogen) atoms. The van der Waals surface area contributed by atoms with E-state index in [-0.39, 0.29) is 5.91 Å². The smallest absolute Gasteiger partial charge is 0.246 e. The van der Waals surface area contributed by atoms with Gasteiger partial charge in [0.15, 0.2) is 0 Å². The van der Waals surface area contributed by atoms with E-state index in [0.717, 1.165) is 43.1 Å². The van der Waals surface area contributed by atoms with Crippen LogP contribution in [0.1, 0.15) is 18.1 Å². The number of methoxy groups -OCH3 is 2. The predicted molar refractivity (Wildman–Crippen MR) is 113 cm³/mol. The minimum Gasteiger partial charge on any atom is -0.497 e. The van der Waals surface area contributed by atoms with E-state index >= 15 is 0 Å². The first kappa shape index (κ1) is 19.8. The summed E-state index contributed by atoms with van der Waals surface area (Å²) in [4.78, 5) is 17.0. The lowest BCUT2D eigenvalue weighted by Gasteiger charge is -2.36. The highest BCUT2D eigenvalue weighted by molar-refractivity contribution is 5.95. The second-order valence-corrected chi connectivity index (χ2v) is 7.04. The van der Waals surface area contributed by atoms with Crippen LogP contribution in [0.15, 0.2) is 48.5 Å². The second kappa shape index (κ2) is 8.83. The number of ether oxygens (including phenoxy) is 2. The van der Waals surface area contributed by atoms with Gasteiger partial charge in [0.2, 0.25) is 5.91 Å². The Morgan fingerprint density at radius 3 is 2.39 bits per heavy atom. The molecule has 0 unspecified atom stereocenters. The van der Waals surface area contributed by atoms with Gasteiger partial charge in [-0.25, -0.2) is 0 Å². The van der Waals surface area contributed by atoms with Crippen LogP contribution < -0.4 is 14.4 Å². The van der Waals surface area contributed by atoms with Crippen LogP contribution in [0.3, 0.4) is 0 Å². The Labute approximate surface area is 167 Å². The maximum atomic E-state index is 12.8. The van der Waals surface area contributed by atoms with Crippen molar-refractivity contribution in [1.82, 2.24) is 4.90 Å². The number of carbonyl (C=O) groups is 1. The Balaban J connectivity index is 1.66. The molecular weight excluding hydrogens is 352 g/mol. The fourth-order valence-corrected chi connectivity index (χ4v) is 3.49. The molecule has 0 atom stereocenters. The highest BCUT2D eigenvalue weighted by atomic mass is 16.5. The zero-order valence-corrected chi connectivity index (χ0v) is 17.1. The van der Waals surface area contributed by atoms with Crippen LogP contribution in [0.4, 0.5) is 5.69 Å². The molecule has 2 aromatic carbocycles. The van der Waals surface area contributed by atoms with Crippen LogP contribution in [-0.2, 0) is 4.79 Å². The molecule has 1 saturated heterocycles. The highest BCUT2D eigenvalue weighted by Gasteiger charge is 2.20. The van der Waals surface area contributed by atoms with E-state index in [2.05, 4.69) is 36.1 Å². The van der Waals surface area contributed by atoms with Crippen molar-refractivity contribution < 1.29 is 14.3 Å². The number of hydrogen-bond acceptors (Lipinski definition) is 4. The third kappa shape index (κ3) is 4.47. The summed E-state index contributed by atoms with van der Waals surface area (Å²) in [5.41, 5.74) is 4.26. The molecule has 0 saturated carbocycles. The summed E-state index contributed by atoms with van der Waals surface area (Å²) >= 11 is 0. The van der Waals surface area contributed by atoms with Gasteiger partial charge in [-0.3, -0.25) is 4.79 Å². The van der Waals surface area contributed by atoms with Gasteiger partial charge in [0, 0.05) is 49.6 Å². The molecule has 1 fully saturated rings. The predicted octanol–water partition coefficient (Wildman–Crippen LogP) is 3.76. The molecule has 1 heterocycles. The molecule has 0 radical (unpaired) electrons. The summed E-state index contributed by atoms with van der Waals surface area (Å²) < 4.78 is 10.7. The number of anilines is 1. The van der Waals surface area contributed by atoms with Crippen molar-refractivity contribution in [3.8, 4) is 11.5 Å². The van der Waals surface area contributed by atoms with Crippen LogP contribution in [-0.4, -0.2) is 51.2 Å². The van der Waals surface area contributed by atoms with Crippen molar-refractivity contribution in [3.05, 3.63) is 59.7 Å². The number of aryl methyl sites for hydroxylation is 1. The van der Waals surface area contributed by atoms with E-state index in [1.54, 1.807) is 20.3 Å². The second-order valence-electron chi connectivity index (χ2n) is 7.04. The van der Waals surface area contributed by atoms with Crippen molar-refractivity contribution in [2.45, 2.75) is 13.8 Å². The van der Waals surface area contributed by atoms with Crippen LogP contribution in [0, 0.1) is 6.92 Å². The number of nitrogens with zero attached hydrogens (tertiary/aromatic N) is 2. The summed E-state index contributed by atoms with van der Waals surface area (Å²) in [5.74, 6) is 1.47. The van der Waals surface area contributed by atoms with Crippen LogP contribution in [0.25, 0.3) is 5.57 Å². The standard InChI is InChI=1S/C23H28N2O3/c1-17-6-5-7-19(14-17)24-10-12-25(13-11-24)23(26)15-18(2)21-9-8-20(27-3)16-22(21)28-4/h5-9,14-16H,10-13H2,1-4H3/b18-15+. The lowest BCUT2D eigenvalue weighted by molar-refractivity contribution is -0.126. The normalized spacial score (nSPS) is 14.8. The van der Waals surface area contributed by atoms with Crippen molar-refractivity contribution in [1.29, 1.82) is 0 Å². The Bertz CT molecular complexity index is 868. The Morgan fingerprint density at radius 2 is 1.75 bits per heavy atom. The van der Waals surface area contributed by atoms with Crippen molar-refractivity contribution in [2.24, 2.45) is 0 Å². The SMILES string of the molecule is COc1ccc(/C(C)=C/C(=O)N2CCN(c3cccc(C)c3)CC2)c(OC)c1. The highest BCUT2D eigenvalue weighted by Crippen LogP contribution is 2.30. The first-order valence-electron chi connectivity index (χ1n) is 9.53.